The summed E-state index contributed by atoms with van der Waals surface area (Å²) in [4.78, 5) is 0. The van der Waals surface area contributed by atoms with Gasteiger partial charge in [0.1, 0.15) is 0 Å². The van der Waals surface area contributed by atoms with E-state index in [2.05, 4.69) is 0 Å². The number of nitrogens with zero attached hydrogens (tertiary/aromatic N) is 3. The second-order valence-corrected chi connectivity index (χ2v) is 0.274. The molecular formula is C3N3O3Ru. The zero-order valence-electron chi connectivity index (χ0n) is 4.42. The first-order valence-corrected chi connectivity index (χ1v) is 1.28. The van der Waals surface area contributed by atoms with Crippen LogP contribution in [0.5, 0.6) is 0 Å². The molecule has 0 fully saturated rings. The van der Waals surface area contributed by atoms with E-state index in [0.29, 0.717) is 18.8 Å². The van der Waals surface area contributed by atoms with Crippen LogP contribution >= 0.6 is 0 Å². The van der Waals surface area contributed by atoms with Crippen molar-refractivity contribution < 1.29 is 34.8 Å². The minimum atomic E-state index is 0. The Kier molecular flexibility index (Phi) is 335. The molecule has 0 saturated heterocycles. The van der Waals surface area contributed by atoms with E-state index < -0.39 is 0 Å². The van der Waals surface area contributed by atoms with Crippen molar-refractivity contribution in [3.8, 4) is 18.8 Å². The molecule has 7 heteroatoms. The van der Waals surface area contributed by atoms with Crippen LogP contribution in [0.25, 0.3) is 0 Å². The Hall–Kier alpha value is -1.51. The average molecular weight is 227 g/mol. The molecule has 0 aliphatic heterocycles. The first-order chi connectivity index (χ1) is 4.24. The summed E-state index contributed by atoms with van der Waals surface area (Å²) in [6, 6.07) is 0. The van der Waals surface area contributed by atoms with E-state index in [-0.39, 0.29) is 19.5 Å². The second kappa shape index (κ2) is 142. The van der Waals surface area contributed by atoms with E-state index in [0.717, 1.165) is 0 Å². The van der Waals surface area contributed by atoms with Crippen molar-refractivity contribution in [1.29, 1.82) is 15.8 Å². The maximum absolute atomic E-state index is 8.24. The van der Waals surface area contributed by atoms with Crippen LogP contribution in [0.4, 0.5) is 0 Å². The first-order valence-electron chi connectivity index (χ1n) is 1.28. The zero-order chi connectivity index (χ0) is 8.12. The quantitative estimate of drug-likeness (QED) is 0.310. The van der Waals surface area contributed by atoms with E-state index in [1.165, 1.54) is 0 Å². The second-order valence-electron chi connectivity index (χ2n) is 0.274. The number of nitriles is 3. The van der Waals surface area contributed by atoms with Crippen LogP contribution in [0, 0.1) is 34.6 Å². The fourth-order valence-electron chi connectivity index (χ4n) is 0. The van der Waals surface area contributed by atoms with E-state index in [4.69, 9.17) is 31.1 Å². The Bertz CT molecular complexity index is 112. The largest absolute Gasteiger partial charge is 3.00 e. The molecular weight excluding hydrogens is 227 g/mol. The van der Waals surface area contributed by atoms with Gasteiger partial charge in [-0.05, 0) is 0 Å². The molecule has 0 atom stereocenters. The molecule has 0 aromatic carbocycles. The Morgan fingerprint density at radius 1 is 0.700 bits per heavy atom. The van der Waals surface area contributed by atoms with Crippen LogP contribution in [0.1, 0.15) is 0 Å². The number of hydrogen-bond donors (Lipinski definition) is 0. The molecule has 0 aliphatic carbocycles. The van der Waals surface area contributed by atoms with Crippen molar-refractivity contribution in [2.45, 2.75) is 0 Å². The predicted molar refractivity (Wildman–Crippen MR) is 16.8 cm³/mol. The first kappa shape index (κ1) is 23.6. The van der Waals surface area contributed by atoms with Crippen molar-refractivity contribution in [2.24, 2.45) is 0 Å². The van der Waals surface area contributed by atoms with E-state index in [9.17, 15) is 0 Å². The van der Waals surface area contributed by atoms with Crippen molar-refractivity contribution in [1.82, 2.24) is 0 Å². The van der Waals surface area contributed by atoms with Gasteiger partial charge in [-0.2, -0.15) is 0 Å². The van der Waals surface area contributed by atoms with Crippen molar-refractivity contribution in [2.75, 3.05) is 0 Å². The van der Waals surface area contributed by atoms with Crippen molar-refractivity contribution in [3.05, 3.63) is 0 Å². The van der Waals surface area contributed by atoms with Gasteiger partial charge in [0, 0.05) is 18.8 Å². The SMILES string of the molecule is N#C[O-].N#C[O-].N#C[O-].[Ru+3]. The van der Waals surface area contributed by atoms with Crippen LogP contribution in [0.2, 0.25) is 0 Å². The van der Waals surface area contributed by atoms with Crippen LogP contribution in [0.3, 0.4) is 0 Å². The van der Waals surface area contributed by atoms with Gasteiger partial charge in [-0.25, -0.2) is 15.8 Å². The van der Waals surface area contributed by atoms with Crippen molar-refractivity contribution >= 4 is 0 Å². The molecule has 53 valence electrons. The summed E-state index contributed by atoms with van der Waals surface area (Å²) in [7, 11) is 0. The summed E-state index contributed by atoms with van der Waals surface area (Å²) in [6.07, 6.45) is 1.50. The maximum atomic E-state index is 8.24. The fraction of sp³-hybridized carbons (Fsp3) is 0. The predicted octanol–water partition coefficient (Wildman–Crippen LogP) is -3.52. The molecule has 0 spiro atoms. The van der Waals surface area contributed by atoms with E-state index in [1.807, 2.05) is 0 Å². The Morgan fingerprint density at radius 3 is 0.700 bits per heavy atom. The molecule has 0 saturated carbocycles. The van der Waals surface area contributed by atoms with Crippen LogP contribution in [0.15, 0.2) is 0 Å². The van der Waals surface area contributed by atoms with Crippen LogP contribution in [-0.4, -0.2) is 0 Å². The number of rotatable bonds is 0. The van der Waals surface area contributed by atoms with Crippen molar-refractivity contribution in [3.63, 3.8) is 0 Å². The van der Waals surface area contributed by atoms with Crippen LogP contribution < -0.4 is 15.3 Å². The summed E-state index contributed by atoms with van der Waals surface area (Å²) in [5.74, 6) is 0. The summed E-state index contributed by atoms with van der Waals surface area (Å²) in [5, 5.41) is 45.0. The smallest absolute Gasteiger partial charge is 0.812 e. The standard InChI is InChI=1S/3CHNO.Ru/c3*2-1-3;/h3*3H;/q;;;+3/p-3. The minimum absolute atomic E-state index is 0. The summed E-state index contributed by atoms with van der Waals surface area (Å²) < 4.78 is 0. The van der Waals surface area contributed by atoms with Gasteiger partial charge in [0.25, 0.3) is 0 Å². The van der Waals surface area contributed by atoms with Gasteiger partial charge in [0.15, 0.2) is 0 Å². The summed E-state index contributed by atoms with van der Waals surface area (Å²) in [5.41, 5.74) is 0. The molecule has 0 aromatic rings. The molecule has 0 amide bonds. The molecule has 6 nitrogen and oxygen atoms in total. The third kappa shape index (κ3) is 86.3. The molecule has 0 unspecified atom stereocenters. The zero-order valence-corrected chi connectivity index (χ0v) is 6.16. The monoisotopic (exact) mass is 228 g/mol. The van der Waals surface area contributed by atoms with Gasteiger partial charge in [-0.1, -0.05) is 0 Å². The molecule has 0 rings (SSSR count). The summed E-state index contributed by atoms with van der Waals surface area (Å²) in [6.45, 7) is 0. The Morgan fingerprint density at radius 2 is 0.700 bits per heavy atom. The number of hydrogen-bond acceptors (Lipinski definition) is 6. The molecule has 0 heterocycles. The maximum Gasteiger partial charge on any atom is 3.00 e. The molecule has 0 N–H and O–H groups in total. The molecule has 10 heavy (non-hydrogen) atoms. The third-order valence-corrected chi connectivity index (χ3v) is 0. The summed E-state index contributed by atoms with van der Waals surface area (Å²) >= 11 is 0. The molecule has 0 aromatic heterocycles. The Balaban J connectivity index is -0.0000000257. The normalized spacial score (nSPS) is 2.10. The van der Waals surface area contributed by atoms with E-state index in [1.54, 1.807) is 0 Å². The Labute approximate surface area is 69.9 Å². The fourth-order valence-corrected chi connectivity index (χ4v) is 0. The van der Waals surface area contributed by atoms with Crippen LogP contribution in [-0.2, 0) is 19.5 Å². The van der Waals surface area contributed by atoms with Gasteiger partial charge in [0.05, 0.1) is 0 Å². The topological polar surface area (TPSA) is 141 Å². The molecule has 0 bridgehead atoms. The molecule has 0 aliphatic rings. The van der Waals surface area contributed by atoms with Gasteiger partial charge in [0.2, 0.25) is 0 Å². The van der Waals surface area contributed by atoms with E-state index >= 15 is 0 Å². The average Bonchev–Trinajstić information content (AvgIpc) is 1.70. The third-order valence-electron chi connectivity index (χ3n) is 0. The van der Waals surface area contributed by atoms with Gasteiger partial charge < -0.3 is 15.3 Å². The molecule has 1 radical (unpaired) electrons. The van der Waals surface area contributed by atoms with Gasteiger partial charge in [-0.3, -0.25) is 0 Å². The van der Waals surface area contributed by atoms with Gasteiger partial charge in [-0.15, -0.1) is 0 Å². The van der Waals surface area contributed by atoms with Gasteiger partial charge >= 0.3 is 19.5 Å². The minimum Gasteiger partial charge on any atom is -0.812 e.